The quantitative estimate of drug-likeness (QED) is 0.864. The molecule has 1 amide bonds. The van der Waals surface area contributed by atoms with Crippen molar-refractivity contribution in [3.8, 4) is 5.75 Å². The number of carbonyl (C=O) groups is 1. The van der Waals surface area contributed by atoms with Gasteiger partial charge in [-0.25, -0.2) is 4.39 Å². The molecule has 3 atom stereocenters. The van der Waals surface area contributed by atoms with Crippen LogP contribution in [0.15, 0.2) is 24.3 Å². The van der Waals surface area contributed by atoms with Gasteiger partial charge in [0.15, 0.2) is 11.6 Å². The summed E-state index contributed by atoms with van der Waals surface area (Å²) in [6.45, 7) is 1.62. The average molecular weight is 286 g/mol. The van der Waals surface area contributed by atoms with Gasteiger partial charge in [0.2, 0.25) is 5.91 Å². The predicted molar refractivity (Wildman–Crippen MR) is 71.9 cm³/mol. The van der Waals surface area contributed by atoms with Crippen LogP contribution < -0.4 is 10.1 Å². The van der Waals surface area contributed by atoms with Crippen molar-refractivity contribution in [3.63, 3.8) is 0 Å². The summed E-state index contributed by atoms with van der Waals surface area (Å²) in [5, 5.41) is 2.28. The normalized spacial score (nSPS) is 23.9. The molecule has 1 aromatic rings. The number of benzene rings is 1. The molecule has 0 bridgehead atoms. The second kappa shape index (κ2) is 6.24. The van der Waals surface area contributed by atoms with E-state index in [1.54, 1.807) is 25.1 Å². The standard InChI is InChI=1S/C14H17ClFNO2/c1-9(15)14(18)17-11-6-4-8-13(11)19-12-7-3-2-5-10(12)16/h2-3,5,7,9,11,13H,4,6,8H2,1H3,(H,17,18)/t9?,11-,13+/m1/s1. The number of para-hydroxylation sites is 1. The van der Waals surface area contributed by atoms with Gasteiger partial charge < -0.3 is 10.1 Å². The zero-order valence-electron chi connectivity index (χ0n) is 10.7. The van der Waals surface area contributed by atoms with Crippen LogP contribution in [0.4, 0.5) is 4.39 Å². The lowest BCUT2D eigenvalue weighted by atomic mass is 10.2. The molecule has 0 aliphatic heterocycles. The number of carbonyl (C=O) groups excluding carboxylic acids is 1. The SMILES string of the molecule is CC(Cl)C(=O)N[C@@H]1CCC[C@@H]1Oc1ccccc1F. The monoisotopic (exact) mass is 285 g/mol. The van der Waals surface area contributed by atoms with Gasteiger partial charge in [-0.05, 0) is 38.3 Å². The minimum atomic E-state index is -0.574. The lowest BCUT2D eigenvalue weighted by Crippen LogP contribution is -2.44. The fourth-order valence-corrected chi connectivity index (χ4v) is 2.30. The number of halogens is 2. The number of hydrogen-bond acceptors (Lipinski definition) is 2. The Kier molecular flexibility index (Phi) is 4.64. The highest BCUT2D eigenvalue weighted by Gasteiger charge is 2.31. The molecule has 0 aromatic heterocycles. The van der Waals surface area contributed by atoms with E-state index < -0.39 is 5.38 Å². The van der Waals surface area contributed by atoms with Crippen molar-refractivity contribution in [1.29, 1.82) is 0 Å². The summed E-state index contributed by atoms with van der Waals surface area (Å²) in [5.41, 5.74) is 0. The van der Waals surface area contributed by atoms with Gasteiger partial charge >= 0.3 is 0 Å². The highest BCUT2D eigenvalue weighted by molar-refractivity contribution is 6.30. The van der Waals surface area contributed by atoms with Crippen LogP contribution in [-0.4, -0.2) is 23.4 Å². The summed E-state index contributed by atoms with van der Waals surface area (Å²) in [6.07, 6.45) is 2.38. The molecule has 0 spiro atoms. The summed E-state index contributed by atoms with van der Waals surface area (Å²) in [7, 11) is 0. The predicted octanol–water partition coefficient (Wildman–Crippen LogP) is 2.87. The first kappa shape index (κ1) is 14.1. The highest BCUT2D eigenvalue weighted by atomic mass is 35.5. The topological polar surface area (TPSA) is 38.3 Å². The largest absolute Gasteiger partial charge is 0.485 e. The van der Waals surface area contributed by atoms with Crippen molar-refractivity contribution in [2.75, 3.05) is 0 Å². The van der Waals surface area contributed by atoms with Gasteiger partial charge in [-0.2, -0.15) is 0 Å². The molecular formula is C14H17ClFNO2. The Morgan fingerprint density at radius 2 is 2.21 bits per heavy atom. The molecule has 1 aromatic carbocycles. The molecule has 5 heteroatoms. The third-order valence-corrected chi connectivity index (χ3v) is 3.45. The Morgan fingerprint density at radius 3 is 2.89 bits per heavy atom. The second-order valence-electron chi connectivity index (χ2n) is 4.75. The fourth-order valence-electron chi connectivity index (χ4n) is 2.23. The molecule has 0 radical (unpaired) electrons. The molecule has 104 valence electrons. The zero-order chi connectivity index (χ0) is 13.8. The Morgan fingerprint density at radius 1 is 1.47 bits per heavy atom. The minimum absolute atomic E-state index is 0.103. The van der Waals surface area contributed by atoms with Crippen LogP contribution in [0, 0.1) is 5.82 Å². The summed E-state index contributed by atoms with van der Waals surface area (Å²) >= 11 is 5.73. The number of hydrogen-bond donors (Lipinski definition) is 1. The van der Waals surface area contributed by atoms with Crippen LogP contribution in [-0.2, 0) is 4.79 Å². The third-order valence-electron chi connectivity index (χ3n) is 3.26. The molecule has 1 aliphatic carbocycles. The van der Waals surface area contributed by atoms with E-state index in [9.17, 15) is 9.18 Å². The average Bonchev–Trinajstić information content (AvgIpc) is 2.79. The number of amides is 1. The molecular weight excluding hydrogens is 269 g/mol. The van der Waals surface area contributed by atoms with E-state index in [2.05, 4.69) is 5.32 Å². The van der Waals surface area contributed by atoms with Crippen LogP contribution >= 0.6 is 11.6 Å². The molecule has 1 fully saturated rings. The van der Waals surface area contributed by atoms with E-state index in [4.69, 9.17) is 16.3 Å². The molecule has 0 saturated heterocycles. The van der Waals surface area contributed by atoms with Gasteiger partial charge in [-0.1, -0.05) is 12.1 Å². The maximum absolute atomic E-state index is 13.5. The fraction of sp³-hybridized carbons (Fsp3) is 0.500. The van der Waals surface area contributed by atoms with Gasteiger partial charge in [-0.15, -0.1) is 11.6 Å². The number of rotatable bonds is 4. The van der Waals surface area contributed by atoms with Crippen molar-refractivity contribution in [1.82, 2.24) is 5.32 Å². The van der Waals surface area contributed by atoms with Gasteiger partial charge in [0.05, 0.1) is 6.04 Å². The van der Waals surface area contributed by atoms with E-state index >= 15 is 0 Å². The van der Waals surface area contributed by atoms with Crippen LogP contribution in [0.3, 0.4) is 0 Å². The smallest absolute Gasteiger partial charge is 0.238 e. The second-order valence-corrected chi connectivity index (χ2v) is 5.40. The van der Waals surface area contributed by atoms with Crippen molar-refractivity contribution < 1.29 is 13.9 Å². The highest BCUT2D eigenvalue weighted by Crippen LogP contribution is 2.26. The van der Waals surface area contributed by atoms with Crippen molar-refractivity contribution in [3.05, 3.63) is 30.1 Å². The first-order valence-corrected chi connectivity index (χ1v) is 6.87. The van der Waals surface area contributed by atoms with E-state index in [1.165, 1.54) is 6.07 Å². The van der Waals surface area contributed by atoms with Gasteiger partial charge in [-0.3, -0.25) is 4.79 Å². The first-order chi connectivity index (χ1) is 9.08. The van der Waals surface area contributed by atoms with Crippen LogP contribution in [0.25, 0.3) is 0 Å². The van der Waals surface area contributed by atoms with Crippen LogP contribution in [0.2, 0.25) is 0 Å². The van der Waals surface area contributed by atoms with Gasteiger partial charge in [0.1, 0.15) is 11.5 Å². The molecule has 1 unspecified atom stereocenters. The summed E-state index contributed by atoms with van der Waals surface area (Å²) in [6, 6.07) is 6.19. The van der Waals surface area contributed by atoms with E-state index in [1.807, 2.05) is 0 Å². The van der Waals surface area contributed by atoms with Crippen molar-refractivity contribution in [2.24, 2.45) is 0 Å². The molecule has 1 aliphatic rings. The third kappa shape index (κ3) is 3.60. The van der Waals surface area contributed by atoms with Crippen LogP contribution in [0.5, 0.6) is 5.75 Å². The molecule has 2 rings (SSSR count). The lowest BCUT2D eigenvalue weighted by Gasteiger charge is -2.23. The zero-order valence-corrected chi connectivity index (χ0v) is 11.5. The number of alkyl halides is 1. The Hall–Kier alpha value is -1.29. The molecule has 1 saturated carbocycles. The van der Waals surface area contributed by atoms with Crippen molar-refractivity contribution >= 4 is 17.5 Å². The first-order valence-electron chi connectivity index (χ1n) is 6.43. The van der Waals surface area contributed by atoms with Crippen LogP contribution in [0.1, 0.15) is 26.2 Å². The lowest BCUT2D eigenvalue weighted by molar-refractivity contribution is -0.121. The Labute approximate surface area is 117 Å². The number of nitrogens with one attached hydrogen (secondary N) is 1. The summed E-state index contributed by atoms with van der Waals surface area (Å²) in [5.74, 6) is -0.367. The van der Waals surface area contributed by atoms with E-state index in [0.29, 0.717) is 0 Å². The van der Waals surface area contributed by atoms with Gasteiger partial charge in [0.25, 0.3) is 0 Å². The Balaban J connectivity index is 1.99. The summed E-state index contributed by atoms with van der Waals surface area (Å²) in [4.78, 5) is 11.6. The van der Waals surface area contributed by atoms with Gasteiger partial charge in [0, 0.05) is 0 Å². The van der Waals surface area contributed by atoms with E-state index in [-0.39, 0.29) is 29.6 Å². The minimum Gasteiger partial charge on any atom is -0.485 e. The molecule has 0 heterocycles. The molecule has 19 heavy (non-hydrogen) atoms. The summed E-state index contributed by atoms with van der Waals surface area (Å²) < 4.78 is 19.2. The van der Waals surface area contributed by atoms with Crippen molar-refractivity contribution in [2.45, 2.75) is 43.7 Å². The Bertz CT molecular complexity index is 453. The number of ether oxygens (including phenoxy) is 1. The molecule has 3 nitrogen and oxygen atoms in total. The molecule has 1 N–H and O–H groups in total. The van der Waals surface area contributed by atoms with E-state index in [0.717, 1.165) is 19.3 Å². The maximum atomic E-state index is 13.5. The maximum Gasteiger partial charge on any atom is 0.238 e.